The lowest BCUT2D eigenvalue weighted by atomic mass is 9.74. The summed E-state index contributed by atoms with van der Waals surface area (Å²) in [6.45, 7) is 3.47. The van der Waals surface area contributed by atoms with E-state index in [-0.39, 0.29) is 30.4 Å². The summed E-state index contributed by atoms with van der Waals surface area (Å²) >= 11 is 0. The molecule has 0 bridgehead atoms. The summed E-state index contributed by atoms with van der Waals surface area (Å²) in [7, 11) is 1.53. The third-order valence-electron chi connectivity index (χ3n) is 5.03. The Labute approximate surface area is 132 Å². The first kappa shape index (κ1) is 17.2. The lowest BCUT2D eigenvalue weighted by molar-refractivity contribution is -0.136. The predicted molar refractivity (Wildman–Crippen MR) is 84.2 cm³/mol. The van der Waals surface area contributed by atoms with Gasteiger partial charge < -0.3 is 20.7 Å². The predicted octanol–water partition coefficient (Wildman–Crippen LogP) is 0.648. The van der Waals surface area contributed by atoms with Crippen molar-refractivity contribution in [2.75, 3.05) is 26.8 Å². The maximum Gasteiger partial charge on any atom is 0.248 e. The molecular weight excluding hydrogens is 282 g/mol. The molecule has 6 heteroatoms. The third-order valence-corrected chi connectivity index (χ3v) is 5.03. The molecule has 6 nitrogen and oxygen atoms in total. The molecule has 0 aromatic rings. The van der Waals surface area contributed by atoms with Crippen LogP contribution in [-0.4, -0.2) is 55.1 Å². The Morgan fingerprint density at radius 1 is 1.27 bits per heavy atom. The van der Waals surface area contributed by atoms with Gasteiger partial charge in [0.1, 0.15) is 6.61 Å². The molecule has 2 aliphatic rings. The van der Waals surface area contributed by atoms with Crippen LogP contribution in [0.2, 0.25) is 0 Å². The van der Waals surface area contributed by atoms with Gasteiger partial charge in [-0.3, -0.25) is 9.59 Å². The van der Waals surface area contributed by atoms with Crippen molar-refractivity contribution >= 4 is 11.8 Å². The van der Waals surface area contributed by atoms with Gasteiger partial charge in [0, 0.05) is 31.8 Å². The summed E-state index contributed by atoms with van der Waals surface area (Å²) in [5, 5.41) is 3.15. The highest BCUT2D eigenvalue weighted by molar-refractivity contribution is 5.80. The number of methoxy groups -OCH3 is 1. The van der Waals surface area contributed by atoms with Crippen molar-refractivity contribution in [3.8, 4) is 0 Å². The fourth-order valence-electron chi connectivity index (χ4n) is 3.58. The van der Waals surface area contributed by atoms with Crippen LogP contribution < -0.4 is 11.1 Å². The molecule has 2 amide bonds. The molecule has 0 radical (unpaired) electrons. The van der Waals surface area contributed by atoms with Crippen molar-refractivity contribution in [3.05, 3.63) is 0 Å². The maximum atomic E-state index is 12.5. The Morgan fingerprint density at radius 3 is 2.55 bits per heavy atom. The van der Waals surface area contributed by atoms with Crippen LogP contribution in [-0.2, 0) is 14.3 Å². The lowest BCUT2D eigenvalue weighted by Gasteiger charge is -2.39. The fraction of sp³-hybridized carbons (Fsp3) is 0.875. The molecule has 0 aromatic carbocycles. The van der Waals surface area contributed by atoms with E-state index in [4.69, 9.17) is 10.5 Å². The van der Waals surface area contributed by atoms with Gasteiger partial charge in [-0.25, -0.2) is 0 Å². The molecule has 1 saturated heterocycles. The monoisotopic (exact) mass is 311 g/mol. The number of carbonyl (C=O) groups is 2. The topological polar surface area (TPSA) is 84.7 Å². The number of hydrogen-bond acceptors (Lipinski definition) is 4. The summed E-state index contributed by atoms with van der Waals surface area (Å²) in [6.07, 6.45) is 5.58. The highest BCUT2D eigenvalue weighted by Crippen LogP contribution is 2.32. The number of nitrogens with zero attached hydrogens (tertiary/aromatic N) is 1. The molecule has 0 spiro atoms. The van der Waals surface area contributed by atoms with Gasteiger partial charge in [0.25, 0.3) is 0 Å². The van der Waals surface area contributed by atoms with E-state index in [0.717, 1.165) is 38.5 Å². The van der Waals surface area contributed by atoms with E-state index in [1.807, 2.05) is 6.92 Å². The minimum Gasteiger partial charge on any atom is -0.375 e. The smallest absolute Gasteiger partial charge is 0.248 e. The van der Waals surface area contributed by atoms with Crippen molar-refractivity contribution < 1.29 is 14.3 Å². The van der Waals surface area contributed by atoms with Gasteiger partial charge in [0.05, 0.1) is 5.92 Å². The number of nitrogens with two attached hydrogens (primary N) is 1. The molecule has 126 valence electrons. The van der Waals surface area contributed by atoms with E-state index >= 15 is 0 Å². The maximum absolute atomic E-state index is 12.5. The standard InChI is InChI=1S/C16H29N3O3/c1-16(17)8-4-3-5-13(16)15(21)18-12-6-9-19(10-7-12)14(20)11-22-2/h12-13H,3-11,17H2,1-2H3,(H,18,21). The molecular formula is C16H29N3O3. The summed E-state index contributed by atoms with van der Waals surface area (Å²) in [5.74, 6) is 0.0230. The second kappa shape index (κ2) is 7.42. The number of amides is 2. The van der Waals surface area contributed by atoms with Crippen molar-refractivity contribution in [2.45, 2.75) is 57.0 Å². The van der Waals surface area contributed by atoms with Crippen molar-refractivity contribution in [1.82, 2.24) is 10.2 Å². The minimum absolute atomic E-state index is 0.0223. The van der Waals surface area contributed by atoms with Crippen molar-refractivity contribution in [2.24, 2.45) is 11.7 Å². The summed E-state index contributed by atoms with van der Waals surface area (Å²) in [4.78, 5) is 26.1. The number of nitrogens with one attached hydrogen (secondary N) is 1. The molecule has 2 rings (SSSR count). The highest BCUT2D eigenvalue weighted by atomic mass is 16.5. The fourth-order valence-corrected chi connectivity index (χ4v) is 3.58. The normalized spacial score (nSPS) is 30.1. The van der Waals surface area contributed by atoms with E-state index in [1.54, 1.807) is 4.90 Å². The Bertz CT molecular complexity index is 403. The van der Waals surface area contributed by atoms with E-state index in [0.29, 0.717) is 13.1 Å². The van der Waals surface area contributed by atoms with E-state index < -0.39 is 5.54 Å². The second-order valence-corrected chi connectivity index (χ2v) is 6.90. The van der Waals surface area contributed by atoms with Crippen molar-refractivity contribution in [1.29, 1.82) is 0 Å². The number of likely N-dealkylation sites (tertiary alicyclic amines) is 1. The number of rotatable bonds is 4. The zero-order valence-corrected chi connectivity index (χ0v) is 13.8. The SMILES string of the molecule is COCC(=O)N1CCC(NC(=O)C2CCCCC2(C)N)CC1. The van der Waals surface area contributed by atoms with E-state index in [9.17, 15) is 9.59 Å². The van der Waals surface area contributed by atoms with E-state index in [1.165, 1.54) is 7.11 Å². The Morgan fingerprint density at radius 2 is 1.95 bits per heavy atom. The number of carbonyl (C=O) groups excluding carboxylic acids is 2. The minimum atomic E-state index is -0.391. The molecule has 22 heavy (non-hydrogen) atoms. The lowest BCUT2D eigenvalue weighted by Crippen LogP contribution is -2.55. The van der Waals surface area contributed by atoms with Gasteiger partial charge in [0.2, 0.25) is 11.8 Å². The van der Waals surface area contributed by atoms with Gasteiger partial charge in [-0.2, -0.15) is 0 Å². The first-order valence-electron chi connectivity index (χ1n) is 8.30. The van der Waals surface area contributed by atoms with Crippen LogP contribution in [0.25, 0.3) is 0 Å². The first-order valence-corrected chi connectivity index (χ1v) is 8.30. The first-order chi connectivity index (χ1) is 10.4. The average molecular weight is 311 g/mol. The molecule has 2 atom stereocenters. The van der Waals surface area contributed by atoms with Gasteiger partial charge in [-0.05, 0) is 32.6 Å². The number of piperidine rings is 1. The highest BCUT2D eigenvalue weighted by Gasteiger charge is 2.38. The summed E-state index contributed by atoms with van der Waals surface area (Å²) in [5.41, 5.74) is 5.90. The van der Waals surface area contributed by atoms with Gasteiger partial charge >= 0.3 is 0 Å². The van der Waals surface area contributed by atoms with Crippen LogP contribution in [0.3, 0.4) is 0 Å². The molecule has 1 heterocycles. The second-order valence-electron chi connectivity index (χ2n) is 6.90. The number of hydrogen-bond donors (Lipinski definition) is 2. The van der Waals surface area contributed by atoms with Crippen LogP contribution in [0.1, 0.15) is 45.4 Å². The molecule has 2 unspecified atom stereocenters. The molecule has 3 N–H and O–H groups in total. The molecule has 2 fully saturated rings. The van der Waals surface area contributed by atoms with E-state index in [2.05, 4.69) is 5.32 Å². The summed E-state index contributed by atoms with van der Waals surface area (Å²) < 4.78 is 4.88. The molecule has 0 aromatic heterocycles. The Hall–Kier alpha value is -1.14. The zero-order chi connectivity index (χ0) is 16.2. The number of ether oxygens (including phenoxy) is 1. The van der Waals surface area contributed by atoms with Crippen LogP contribution in [0.15, 0.2) is 0 Å². The van der Waals surface area contributed by atoms with Crippen LogP contribution in [0.5, 0.6) is 0 Å². The Balaban J connectivity index is 1.80. The van der Waals surface area contributed by atoms with Crippen molar-refractivity contribution in [3.63, 3.8) is 0 Å². The molecule has 1 saturated carbocycles. The van der Waals surface area contributed by atoms with Gasteiger partial charge in [0.15, 0.2) is 0 Å². The average Bonchev–Trinajstić information content (AvgIpc) is 2.47. The third kappa shape index (κ3) is 4.20. The summed E-state index contributed by atoms with van der Waals surface area (Å²) in [6, 6.07) is 0.150. The van der Waals surface area contributed by atoms with Gasteiger partial charge in [-0.1, -0.05) is 12.8 Å². The van der Waals surface area contributed by atoms with Crippen LogP contribution in [0.4, 0.5) is 0 Å². The quantitative estimate of drug-likeness (QED) is 0.798. The Kier molecular flexibility index (Phi) is 5.81. The van der Waals surface area contributed by atoms with Gasteiger partial charge in [-0.15, -0.1) is 0 Å². The van der Waals surface area contributed by atoms with Crippen LogP contribution >= 0.6 is 0 Å². The molecule has 1 aliphatic carbocycles. The van der Waals surface area contributed by atoms with Crippen LogP contribution in [0, 0.1) is 5.92 Å². The largest absolute Gasteiger partial charge is 0.375 e. The zero-order valence-electron chi connectivity index (χ0n) is 13.8. The molecule has 1 aliphatic heterocycles.